The van der Waals surface area contributed by atoms with Gasteiger partial charge in [0.1, 0.15) is 0 Å². The van der Waals surface area contributed by atoms with E-state index in [0.29, 0.717) is 6.42 Å². The Balaban J connectivity index is 1.99. The highest BCUT2D eigenvalue weighted by atomic mass is 35.5. The molecule has 0 fully saturated rings. The third-order valence-corrected chi connectivity index (χ3v) is 5.39. The van der Waals surface area contributed by atoms with Gasteiger partial charge in [0.05, 0.1) is 21.4 Å². The molecule has 2 aromatic rings. The standard InChI is InChI=1S/C15H19Cl2N3S/c1-3-20-13(15(17)10(2)19-20)8-11(18)9-21-14-7-5-4-6-12(14)16/h4-7,11H,3,8-9,18H2,1-2H3. The second-order valence-corrected chi connectivity index (χ2v) is 6.71. The van der Waals surface area contributed by atoms with Gasteiger partial charge in [0.2, 0.25) is 0 Å². The van der Waals surface area contributed by atoms with Crippen molar-refractivity contribution in [2.45, 2.75) is 37.8 Å². The number of nitrogens with two attached hydrogens (primary N) is 1. The van der Waals surface area contributed by atoms with Crippen LogP contribution < -0.4 is 5.73 Å². The summed E-state index contributed by atoms with van der Waals surface area (Å²) in [6.45, 7) is 4.77. The number of benzene rings is 1. The third kappa shape index (κ3) is 4.16. The molecule has 114 valence electrons. The van der Waals surface area contributed by atoms with E-state index < -0.39 is 0 Å². The largest absolute Gasteiger partial charge is 0.327 e. The molecule has 3 nitrogen and oxygen atoms in total. The molecule has 0 spiro atoms. The smallest absolute Gasteiger partial charge is 0.0847 e. The molecular formula is C15H19Cl2N3S. The van der Waals surface area contributed by atoms with Gasteiger partial charge in [-0.15, -0.1) is 11.8 Å². The highest BCUT2D eigenvalue weighted by Crippen LogP contribution is 2.28. The van der Waals surface area contributed by atoms with E-state index >= 15 is 0 Å². The Morgan fingerprint density at radius 1 is 1.33 bits per heavy atom. The summed E-state index contributed by atoms with van der Waals surface area (Å²) in [4.78, 5) is 1.06. The van der Waals surface area contributed by atoms with Gasteiger partial charge in [-0.3, -0.25) is 4.68 Å². The molecule has 6 heteroatoms. The van der Waals surface area contributed by atoms with Crippen molar-refractivity contribution in [3.8, 4) is 0 Å². The number of hydrogen-bond acceptors (Lipinski definition) is 3. The first kappa shape index (κ1) is 16.7. The zero-order valence-electron chi connectivity index (χ0n) is 12.1. The van der Waals surface area contributed by atoms with Crippen LogP contribution in [0, 0.1) is 6.92 Å². The van der Waals surface area contributed by atoms with E-state index in [0.717, 1.165) is 38.6 Å². The van der Waals surface area contributed by atoms with Crippen molar-refractivity contribution < 1.29 is 0 Å². The van der Waals surface area contributed by atoms with Crippen molar-refractivity contribution in [1.82, 2.24) is 9.78 Å². The maximum Gasteiger partial charge on any atom is 0.0847 e. The van der Waals surface area contributed by atoms with E-state index in [-0.39, 0.29) is 6.04 Å². The van der Waals surface area contributed by atoms with Gasteiger partial charge in [0.15, 0.2) is 0 Å². The van der Waals surface area contributed by atoms with E-state index in [1.54, 1.807) is 11.8 Å². The summed E-state index contributed by atoms with van der Waals surface area (Å²) in [5, 5.41) is 5.91. The molecule has 1 aromatic heterocycles. The zero-order valence-corrected chi connectivity index (χ0v) is 14.5. The average Bonchev–Trinajstić information content (AvgIpc) is 2.74. The first-order valence-electron chi connectivity index (χ1n) is 6.87. The molecule has 0 aliphatic rings. The number of rotatable bonds is 6. The molecular weight excluding hydrogens is 325 g/mol. The summed E-state index contributed by atoms with van der Waals surface area (Å²) >= 11 is 14.1. The summed E-state index contributed by atoms with van der Waals surface area (Å²) in [6, 6.07) is 7.81. The Morgan fingerprint density at radius 2 is 2.05 bits per heavy atom. The van der Waals surface area contributed by atoms with Crippen LogP contribution in [-0.4, -0.2) is 21.6 Å². The number of thioether (sulfide) groups is 1. The number of aromatic nitrogens is 2. The van der Waals surface area contributed by atoms with Gasteiger partial charge in [-0.1, -0.05) is 35.3 Å². The molecule has 0 saturated carbocycles. The second-order valence-electron chi connectivity index (χ2n) is 4.87. The summed E-state index contributed by atoms with van der Waals surface area (Å²) in [5.41, 5.74) is 8.12. The molecule has 1 heterocycles. The SMILES string of the molecule is CCn1nc(C)c(Cl)c1CC(N)CSc1ccccc1Cl. The molecule has 2 rings (SSSR count). The highest BCUT2D eigenvalue weighted by molar-refractivity contribution is 7.99. The molecule has 0 aliphatic carbocycles. The predicted octanol–water partition coefficient (Wildman–Crippen LogP) is 4.18. The lowest BCUT2D eigenvalue weighted by Crippen LogP contribution is -2.27. The molecule has 0 bridgehead atoms. The molecule has 0 aliphatic heterocycles. The lowest BCUT2D eigenvalue weighted by Gasteiger charge is -2.13. The van der Waals surface area contributed by atoms with Crippen LogP contribution in [0.1, 0.15) is 18.3 Å². The summed E-state index contributed by atoms with van der Waals surface area (Å²) in [5.74, 6) is 0.786. The fraction of sp³-hybridized carbons (Fsp3) is 0.400. The van der Waals surface area contributed by atoms with Crippen molar-refractivity contribution in [3.63, 3.8) is 0 Å². The van der Waals surface area contributed by atoms with Crippen LogP contribution in [0.15, 0.2) is 29.2 Å². The van der Waals surface area contributed by atoms with Crippen LogP contribution in [0.3, 0.4) is 0 Å². The van der Waals surface area contributed by atoms with Crippen molar-refractivity contribution in [1.29, 1.82) is 0 Å². The van der Waals surface area contributed by atoms with Crippen LogP contribution in [-0.2, 0) is 13.0 Å². The van der Waals surface area contributed by atoms with Crippen LogP contribution in [0.2, 0.25) is 10.0 Å². The van der Waals surface area contributed by atoms with Gasteiger partial charge in [0, 0.05) is 29.7 Å². The first-order chi connectivity index (χ1) is 10.0. The Kier molecular flexibility index (Phi) is 5.99. The van der Waals surface area contributed by atoms with E-state index in [9.17, 15) is 0 Å². The van der Waals surface area contributed by atoms with Crippen LogP contribution >= 0.6 is 35.0 Å². The monoisotopic (exact) mass is 343 g/mol. The van der Waals surface area contributed by atoms with E-state index in [1.807, 2.05) is 35.9 Å². The molecule has 21 heavy (non-hydrogen) atoms. The molecule has 1 unspecified atom stereocenters. The molecule has 0 radical (unpaired) electrons. The van der Waals surface area contributed by atoms with Crippen LogP contribution in [0.5, 0.6) is 0 Å². The van der Waals surface area contributed by atoms with Crippen LogP contribution in [0.25, 0.3) is 0 Å². The Morgan fingerprint density at radius 3 is 2.71 bits per heavy atom. The van der Waals surface area contributed by atoms with Gasteiger partial charge >= 0.3 is 0 Å². The van der Waals surface area contributed by atoms with Gasteiger partial charge < -0.3 is 5.73 Å². The fourth-order valence-corrected chi connectivity index (χ4v) is 3.53. The molecule has 1 atom stereocenters. The molecule has 1 aromatic carbocycles. The minimum Gasteiger partial charge on any atom is -0.327 e. The summed E-state index contributed by atoms with van der Waals surface area (Å²) in [6.07, 6.45) is 0.713. The first-order valence-corrected chi connectivity index (χ1v) is 8.61. The Labute approximate surface area is 139 Å². The highest BCUT2D eigenvalue weighted by Gasteiger charge is 2.16. The van der Waals surface area contributed by atoms with Crippen molar-refractivity contribution in [2.24, 2.45) is 5.73 Å². The maximum absolute atomic E-state index is 6.31. The molecule has 0 amide bonds. The Hall–Kier alpha value is -0.680. The van der Waals surface area contributed by atoms with Gasteiger partial charge in [-0.25, -0.2) is 0 Å². The third-order valence-electron chi connectivity index (χ3n) is 3.20. The van der Waals surface area contributed by atoms with Crippen molar-refractivity contribution in [2.75, 3.05) is 5.75 Å². The molecule has 2 N–H and O–H groups in total. The summed E-state index contributed by atoms with van der Waals surface area (Å²) in [7, 11) is 0. The predicted molar refractivity (Wildman–Crippen MR) is 91.5 cm³/mol. The molecule has 0 saturated heterocycles. The van der Waals surface area contributed by atoms with Gasteiger partial charge in [-0.2, -0.15) is 5.10 Å². The van der Waals surface area contributed by atoms with Crippen LogP contribution in [0.4, 0.5) is 0 Å². The number of hydrogen-bond donors (Lipinski definition) is 1. The fourth-order valence-electron chi connectivity index (χ4n) is 2.13. The number of nitrogens with zero attached hydrogens (tertiary/aromatic N) is 2. The van der Waals surface area contributed by atoms with E-state index in [2.05, 4.69) is 12.0 Å². The van der Waals surface area contributed by atoms with Crippen molar-refractivity contribution in [3.05, 3.63) is 45.7 Å². The number of aryl methyl sites for hydroxylation is 2. The van der Waals surface area contributed by atoms with Gasteiger partial charge in [0.25, 0.3) is 0 Å². The number of halogens is 2. The quantitative estimate of drug-likeness (QED) is 0.800. The normalized spacial score (nSPS) is 12.6. The minimum atomic E-state index is 0.00479. The Bertz CT molecular complexity index is 613. The van der Waals surface area contributed by atoms with Gasteiger partial charge in [-0.05, 0) is 26.0 Å². The topological polar surface area (TPSA) is 43.8 Å². The second kappa shape index (κ2) is 7.54. The lowest BCUT2D eigenvalue weighted by molar-refractivity contribution is 0.594. The van der Waals surface area contributed by atoms with E-state index in [4.69, 9.17) is 28.9 Å². The lowest BCUT2D eigenvalue weighted by atomic mass is 10.2. The summed E-state index contributed by atoms with van der Waals surface area (Å²) < 4.78 is 1.93. The minimum absolute atomic E-state index is 0.00479. The van der Waals surface area contributed by atoms with Crippen molar-refractivity contribution >= 4 is 35.0 Å². The van der Waals surface area contributed by atoms with E-state index in [1.165, 1.54) is 0 Å². The average molecular weight is 344 g/mol. The maximum atomic E-state index is 6.31. The zero-order chi connectivity index (χ0) is 15.4.